The predicted octanol–water partition coefficient (Wildman–Crippen LogP) is 3.70. The molecule has 9 nitrogen and oxygen atoms in total. The lowest BCUT2D eigenvalue weighted by atomic mass is 9.98. The van der Waals surface area contributed by atoms with Crippen LogP contribution in [0.5, 0.6) is 0 Å². The number of alkyl carbamates (subject to hydrolysis) is 1. The Kier molecular flexibility index (Phi) is 6.22. The molecular weight excluding hydrogens is 450 g/mol. The minimum atomic E-state index is -1.19. The van der Waals surface area contributed by atoms with E-state index in [1.54, 1.807) is 0 Å². The first-order valence-electron chi connectivity index (χ1n) is 11.6. The third kappa shape index (κ3) is 4.75. The summed E-state index contributed by atoms with van der Waals surface area (Å²) in [6.45, 7) is 0.298. The van der Waals surface area contributed by atoms with Crippen LogP contribution in [0.2, 0.25) is 0 Å². The molecule has 0 radical (unpaired) electrons. The van der Waals surface area contributed by atoms with Gasteiger partial charge in [0.25, 0.3) is 0 Å². The summed E-state index contributed by atoms with van der Waals surface area (Å²) in [6, 6.07) is 17.5. The molecule has 2 amide bonds. The number of carbonyl (C=O) groups excluding carboxylic acids is 2. The maximum Gasteiger partial charge on any atom is 0.407 e. The highest BCUT2D eigenvalue weighted by molar-refractivity contribution is 5.85. The number of aromatic nitrogens is 1. The van der Waals surface area contributed by atoms with Crippen LogP contribution >= 0.6 is 0 Å². The Morgan fingerprint density at radius 3 is 2.37 bits per heavy atom. The number of fused-ring (bicyclic) bond motifs is 3. The number of carboxylic acids is 1. The molecule has 1 aromatic heterocycles. The van der Waals surface area contributed by atoms with E-state index < -0.39 is 12.1 Å². The van der Waals surface area contributed by atoms with Gasteiger partial charge in [-0.25, -0.2) is 9.59 Å². The Balaban J connectivity index is 1.10. The number of rotatable bonds is 7. The second-order valence-corrected chi connectivity index (χ2v) is 8.88. The lowest BCUT2D eigenvalue weighted by molar-refractivity contribution is -0.125. The first kappa shape index (κ1) is 22.6. The van der Waals surface area contributed by atoms with E-state index >= 15 is 0 Å². The van der Waals surface area contributed by atoms with Gasteiger partial charge in [0.1, 0.15) is 6.61 Å². The zero-order valence-corrected chi connectivity index (χ0v) is 18.9. The third-order valence-electron chi connectivity index (χ3n) is 6.68. The Labute approximate surface area is 201 Å². The summed E-state index contributed by atoms with van der Waals surface area (Å²) in [7, 11) is 0. The van der Waals surface area contributed by atoms with Crippen molar-refractivity contribution in [1.82, 2.24) is 15.8 Å². The Morgan fingerprint density at radius 1 is 1.03 bits per heavy atom. The summed E-state index contributed by atoms with van der Waals surface area (Å²) in [4.78, 5) is 35.9. The van der Waals surface area contributed by atoms with E-state index in [1.165, 1.54) is 17.2 Å². The number of aromatic carboxylic acids is 1. The van der Waals surface area contributed by atoms with Crippen LogP contribution in [0.15, 0.2) is 59.1 Å². The highest BCUT2D eigenvalue weighted by Crippen LogP contribution is 2.44. The van der Waals surface area contributed by atoms with E-state index in [2.05, 4.69) is 40.1 Å². The quantitative estimate of drug-likeness (QED) is 0.475. The fourth-order valence-corrected chi connectivity index (χ4v) is 4.97. The first-order valence-corrected chi connectivity index (χ1v) is 11.6. The molecule has 2 atom stereocenters. The van der Waals surface area contributed by atoms with Gasteiger partial charge >= 0.3 is 12.1 Å². The molecule has 0 saturated heterocycles. The molecule has 1 fully saturated rings. The second-order valence-electron chi connectivity index (χ2n) is 8.88. The van der Waals surface area contributed by atoms with Crippen molar-refractivity contribution in [1.29, 1.82) is 0 Å². The molecule has 1 heterocycles. The van der Waals surface area contributed by atoms with Gasteiger partial charge in [0, 0.05) is 23.9 Å². The molecule has 180 valence electrons. The third-order valence-corrected chi connectivity index (χ3v) is 6.68. The van der Waals surface area contributed by atoms with E-state index in [4.69, 9.17) is 14.4 Å². The smallest absolute Gasteiger partial charge is 0.407 e. The Hall–Kier alpha value is -4.14. The molecule has 2 aromatic carbocycles. The van der Waals surface area contributed by atoms with Gasteiger partial charge in [-0.15, -0.1) is 0 Å². The number of carboxylic acid groups (broad SMARTS) is 1. The average molecular weight is 476 g/mol. The fourth-order valence-electron chi connectivity index (χ4n) is 4.97. The molecule has 0 spiro atoms. The van der Waals surface area contributed by atoms with Crippen LogP contribution in [0, 0.1) is 5.92 Å². The second kappa shape index (κ2) is 9.61. The summed E-state index contributed by atoms with van der Waals surface area (Å²) < 4.78 is 10.5. The van der Waals surface area contributed by atoms with Gasteiger partial charge in [0.05, 0.1) is 6.54 Å². The standard InChI is InChI=1S/C26H25N3O6/c30-24(27-13-17-12-23(25(31)32)29-35-17)15-9-10-16(11-15)28-26(33)34-14-22-20-7-3-1-5-18(20)19-6-2-4-8-21(19)22/h1-8,12,15-16,22H,9-11,13-14H2,(H,27,30)(H,28,33)(H,31,32)/t15-,16+/m0/s1. The van der Waals surface area contributed by atoms with Crippen molar-refractivity contribution in [2.45, 2.75) is 37.8 Å². The number of carbonyl (C=O) groups is 3. The summed E-state index contributed by atoms with van der Waals surface area (Å²) in [5.41, 5.74) is 4.45. The number of nitrogens with zero attached hydrogens (tertiary/aromatic N) is 1. The van der Waals surface area contributed by atoms with E-state index in [9.17, 15) is 14.4 Å². The van der Waals surface area contributed by atoms with Crippen LogP contribution in [-0.2, 0) is 16.1 Å². The van der Waals surface area contributed by atoms with Crippen LogP contribution in [0.25, 0.3) is 11.1 Å². The van der Waals surface area contributed by atoms with Gasteiger partial charge in [-0.05, 0) is 41.5 Å². The zero-order valence-electron chi connectivity index (χ0n) is 18.9. The lowest BCUT2D eigenvalue weighted by Gasteiger charge is -2.17. The average Bonchev–Trinajstić information content (AvgIpc) is 3.59. The van der Waals surface area contributed by atoms with E-state index in [1.807, 2.05) is 24.3 Å². The minimum absolute atomic E-state index is 0.00649. The largest absolute Gasteiger partial charge is 0.476 e. The molecule has 9 heteroatoms. The van der Waals surface area contributed by atoms with Crippen molar-refractivity contribution < 1.29 is 28.8 Å². The number of hydrogen-bond acceptors (Lipinski definition) is 6. The molecule has 35 heavy (non-hydrogen) atoms. The molecule has 2 aliphatic carbocycles. The Bertz CT molecular complexity index is 1220. The van der Waals surface area contributed by atoms with Crippen LogP contribution in [0.3, 0.4) is 0 Å². The van der Waals surface area contributed by atoms with E-state index in [-0.39, 0.29) is 48.4 Å². The topological polar surface area (TPSA) is 131 Å². The van der Waals surface area contributed by atoms with Gasteiger partial charge in [-0.3, -0.25) is 4.79 Å². The van der Waals surface area contributed by atoms with Gasteiger partial charge in [0.2, 0.25) is 5.91 Å². The summed E-state index contributed by atoms with van der Waals surface area (Å²) >= 11 is 0. The monoisotopic (exact) mass is 475 g/mol. The highest BCUT2D eigenvalue weighted by atomic mass is 16.5. The van der Waals surface area contributed by atoms with Crippen molar-refractivity contribution in [2.75, 3.05) is 6.61 Å². The molecular formula is C26H25N3O6. The summed E-state index contributed by atoms with van der Waals surface area (Å²) in [5.74, 6) is -1.36. The highest BCUT2D eigenvalue weighted by Gasteiger charge is 2.32. The molecule has 2 aliphatic rings. The van der Waals surface area contributed by atoms with Crippen molar-refractivity contribution in [3.63, 3.8) is 0 Å². The zero-order chi connectivity index (χ0) is 24.4. The summed E-state index contributed by atoms with van der Waals surface area (Å²) in [6.07, 6.45) is 1.33. The molecule has 5 rings (SSSR count). The number of nitrogens with one attached hydrogen (secondary N) is 2. The number of ether oxygens (including phenoxy) is 1. The van der Waals surface area contributed by atoms with Crippen LogP contribution in [-0.4, -0.2) is 40.9 Å². The SMILES string of the molecule is O=C(N[C@@H]1CC[C@H](C(=O)NCc2cc(C(=O)O)no2)C1)OCC1c2ccccc2-c2ccccc21. The van der Waals surface area contributed by atoms with Crippen molar-refractivity contribution in [3.05, 3.63) is 77.2 Å². The van der Waals surface area contributed by atoms with Crippen molar-refractivity contribution >= 4 is 18.0 Å². The number of hydrogen-bond donors (Lipinski definition) is 3. The van der Waals surface area contributed by atoms with Crippen LogP contribution < -0.4 is 10.6 Å². The van der Waals surface area contributed by atoms with Gasteiger partial charge < -0.3 is 25.0 Å². The van der Waals surface area contributed by atoms with Crippen molar-refractivity contribution in [3.8, 4) is 11.1 Å². The number of benzene rings is 2. The Morgan fingerprint density at radius 2 is 1.71 bits per heavy atom. The van der Waals surface area contributed by atoms with Crippen LogP contribution in [0.4, 0.5) is 4.79 Å². The van der Waals surface area contributed by atoms with Crippen molar-refractivity contribution in [2.24, 2.45) is 5.92 Å². The van der Waals surface area contributed by atoms with E-state index in [0.29, 0.717) is 19.3 Å². The molecule has 0 unspecified atom stereocenters. The predicted molar refractivity (Wildman–Crippen MR) is 125 cm³/mol. The van der Waals surface area contributed by atoms with Crippen LogP contribution in [0.1, 0.15) is 52.6 Å². The van der Waals surface area contributed by atoms with Gasteiger partial charge in [-0.1, -0.05) is 53.7 Å². The molecule has 1 saturated carbocycles. The summed E-state index contributed by atoms with van der Waals surface area (Å²) in [5, 5.41) is 17.9. The molecule has 0 aliphatic heterocycles. The lowest BCUT2D eigenvalue weighted by Crippen LogP contribution is -2.35. The molecule has 3 aromatic rings. The fraction of sp³-hybridized carbons (Fsp3) is 0.308. The van der Waals surface area contributed by atoms with Gasteiger partial charge in [0.15, 0.2) is 11.5 Å². The molecule has 0 bridgehead atoms. The molecule has 3 N–H and O–H groups in total. The van der Waals surface area contributed by atoms with Gasteiger partial charge in [-0.2, -0.15) is 0 Å². The first-order chi connectivity index (χ1) is 17.0. The normalized spacial score (nSPS) is 18.5. The number of amides is 2. The maximum absolute atomic E-state index is 12.5. The van der Waals surface area contributed by atoms with E-state index in [0.717, 1.165) is 11.1 Å². The maximum atomic E-state index is 12.5. The minimum Gasteiger partial charge on any atom is -0.476 e.